The smallest absolute Gasteiger partial charge is 0.144 e. The SMILES string of the molecule is O=CC=Cn1cccn1. The molecule has 9 heavy (non-hydrogen) atoms. The number of carbonyl (C=O) groups is 1. The Morgan fingerprint density at radius 1 is 1.56 bits per heavy atom. The van der Waals surface area contributed by atoms with E-state index >= 15 is 0 Å². The summed E-state index contributed by atoms with van der Waals surface area (Å²) in [6.45, 7) is 0. The van der Waals surface area contributed by atoms with E-state index in [0.29, 0.717) is 6.29 Å². The molecule has 0 radical (unpaired) electrons. The van der Waals surface area contributed by atoms with Crippen LogP contribution in [0.15, 0.2) is 24.5 Å². The Kier molecular flexibility index (Phi) is 1.80. The number of hydrogen-bond acceptors (Lipinski definition) is 2. The number of nitrogens with zero attached hydrogens (tertiary/aromatic N) is 2. The third-order valence-electron chi connectivity index (χ3n) is 0.842. The van der Waals surface area contributed by atoms with Crippen molar-refractivity contribution in [3.05, 3.63) is 24.5 Å². The number of allylic oxidation sites excluding steroid dienone is 1. The lowest BCUT2D eigenvalue weighted by molar-refractivity contribution is -0.104. The minimum atomic E-state index is 0.710. The van der Waals surface area contributed by atoms with Crippen molar-refractivity contribution in [2.24, 2.45) is 0 Å². The largest absolute Gasteiger partial charge is 0.299 e. The highest BCUT2D eigenvalue weighted by atomic mass is 16.1. The number of carbonyl (C=O) groups excluding carboxylic acids is 1. The van der Waals surface area contributed by atoms with E-state index < -0.39 is 0 Å². The van der Waals surface area contributed by atoms with Gasteiger partial charge in [-0.15, -0.1) is 0 Å². The van der Waals surface area contributed by atoms with Crippen molar-refractivity contribution in [2.45, 2.75) is 0 Å². The lowest BCUT2D eigenvalue weighted by Crippen LogP contribution is -1.83. The van der Waals surface area contributed by atoms with Crippen molar-refractivity contribution in [1.82, 2.24) is 9.78 Å². The van der Waals surface area contributed by atoms with E-state index in [1.807, 2.05) is 0 Å². The van der Waals surface area contributed by atoms with Crippen molar-refractivity contribution in [3.63, 3.8) is 0 Å². The Balaban J connectivity index is 2.67. The van der Waals surface area contributed by atoms with Gasteiger partial charge in [0.05, 0.1) is 0 Å². The van der Waals surface area contributed by atoms with Crippen LogP contribution >= 0.6 is 0 Å². The second-order valence-corrected chi connectivity index (χ2v) is 1.46. The number of hydrogen-bond donors (Lipinski definition) is 0. The van der Waals surface area contributed by atoms with Gasteiger partial charge >= 0.3 is 0 Å². The molecule has 0 bridgehead atoms. The summed E-state index contributed by atoms with van der Waals surface area (Å²) in [7, 11) is 0. The lowest BCUT2D eigenvalue weighted by atomic mass is 10.7. The Morgan fingerprint density at radius 2 is 2.44 bits per heavy atom. The average Bonchev–Trinajstić information content (AvgIpc) is 2.34. The zero-order chi connectivity index (χ0) is 6.53. The van der Waals surface area contributed by atoms with Gasteiger partial charge in [0.2, 0.25) is 0 Å². The highest BCUT2D eigenvalue weighted by Gasteiger charge is 1.76. The minimum Gasteiger partial charge on any atom is -0.299 e. The first-order chi connectivity index (χ1) is 4.43. The molecule has 0 unspecified atom stereocenters. The maximum Gasteiger partial charge on any atom is 0.144 e. The van der Waals surface area contributed by atoms with Crippen molar-refractivity contribution < 1.29 is 4.79 Å². The zero-order valence-electron chi connectivity index (χ0n) is 4.77. The zero-order valence-corrected chi connectivity index (χ0v) is 4.77. The first kappa shape index (κ1) is 5.75. The van der Waals surface area contributed by atoms with E-state index in [2.05, 4.69) is 5.10 Å². The minimum absolute atomic E-state index is 0.710. The molecule has 46 valence electrons. The van der Waals surface area contributed by atoms with Crippen LogP contribution in [0.5, 0.6) is 0 Å². The molecular weight excluding hydrogens is 116 g/mol. The van der Waals surface area contributed by atoms with Gasteiger partial charge in [-0.2, -0.15) is 5.10 Å². The molecule has 0 saturated heterocycles. The fourth-order valence-electron chi connectivity index (χ4n) is 0.492. The van der Waals surface area contributed by atoms with Gasteiger partial charge < -0.3 is 0 Å². The van der Waals surface area contributed by atoms with Crippen LogP contribution in [0.3, 0.4) is 0 Å². The summed E-state index contributed by atoms with van der Waals surface area (Å²) in [6, 6.07) is 1.79. The van der Waals surface area contributed by atoms with Crippen LogP contribution in [0.2, 0.25) is 0 Å². The first-order valence-electron chi connectivity index (χ1n) is 2.54. The van der Waals surface area contributed by atoms with Crippen molar-refractivity contribution in [2.75, 3.05) is 0 Å². The molecule has 1 heterocycles. The fourth-order valence-corrected chi connectivity index (χ4v) is 0.492. The summed E-state index contributed by atoms with van der Waals surface area (Å²) >= 11 is 0. The molecule has 0 fully saturated rings. The van der Waals surface area contributed by atoms with Gasteiger partial charge in [-0.1, -0.05) is 0 Å². The molecule has 3 nitrogen and oxygen atoms in total. The summed E-state index contributed by atoms with van der Waals surface area (Å²) < 4.78 is 1.55. The van der Waals surface area contributed by atoms with E-state index in [-0.39, 0.29) is 0 Å². The first-order valence-corrected chi connectivity index (χ1v) is 2.54. The van der Waals surface area contributed by atoms with Crippen LogP contribution in [-0.2, 0) is 4.79 Å². The molecule has 0 aliphatic heterocycles. The third-order valence-corrected chi connectivity index (χ3v) is 0.842. The molecule has 0 saturated carbocycles. The number of rotatable bonds is 2. The molecule has 1 aromatic heterocycles. The fraction of sp³-hybridized carbons (Fsp3) is 0. The molecule has 0 spiro atoms. The predicted molar refractivity (Wildman–Crippen MR) is 33.6 cm³/mol. The quantitative estimate of drug-likeness (QED) is 0.424. The molecule has 0 N–H and O–H groups in total. The Bertz CT molecular complexity index is 201. The van der Waals surface area contributed by atoms with Crippen LogP contribution < -0.4 is 0 Å². The molecule has 1 rings (SSSR count). The summed E-state index contributed by atoms with van der Waals surface area (Å²) in [5, 5.41) is 3.82. The van der Waals surface area contributed by atoms with Crippen LogP contribution in [0.25, 0.3) is 6.20 Å². The molecule has 0 aliphatic rings. The normalized spacial score (nSPS) is 10.2. The topological polar surface area (TPSA) is 34.9 Å². The maximum atomic E-state index is 9.77. The van der Waals surface area contributed by atoms with Gasteiger partial charge in [0.15, 0.2) is 0 Å². The predicted octanol–water partition coefficient (Wildman–Crippen LogP) is 0.553. The Hall–Kier alpha value is -1.38. The van der Waals surface area contributed by atoms with Crippen LogP contribution in [0, 0.1) is 0 Å². The van der Waals surface area contributed by atoms with Gasteiger partial charge in [-0.05, 0) is 12.1 Å². The summed E-state index contributed by atoms with van der Waals surface area (Å²) in [4.78, 5) is 9.77. The highest BCUT2D eigenvalue weighted by molar-refractivity contribution is 5.69. The number of aromatic nitrogens is 2. The maximum absolute atomic E-state index is 9.77. The van der Waals surface area contributed by atoms with Gasteiger partial charge in [0.1, 0.15) is 6.29 Å². The highest BCUT2D eigenvalue weighted by Crippen LogP contribution is 1.82. The van der Waals surface area contributed by atoms with E-state index in [1.165, 1.54) is 6.08 Å². The molecule has 0 aliphatic carbocycles. The third kappa shape index (κ3) is 1.53. The van der Waals surface area contributed by atoms with Gasteiger partial charge in [-0.25, -0.2) is 4.68 Å². The van der Waals surface area contributed by atoms with Crippen LogP contribution in [0.1, 0.15) is 0 Å². The van der Waals surface area contributed by atoms with Gasteiger partial charge in [0.25, 0.3) is 0 Å². The molecule has 0 amide bonds. The molecule has 0 atom stereocenters. The molecular formula is C6H6N2O. The van der Waals surface area contributed by atoms with Crippen molar-refractivity contribution in [3.8, 4) is 0 Å². The average molecular weight is 122 g/mol. The van der Waals surface area contributed by atoms with Gasteiger partial charge in [-0.3, -0.25) is 4.79 Å². The molecule has 3 heteroatoms. The Labute approximate surface area is 52.6 Å². The Morgan fingerprint density at radius 3 is 3.00 bits per heavy atom. The van der Waals surface area contributed by atoms with Gasteiger partial charge in [0, 0.05) is 18.6 Å². The second kappa shape index (κ2) is 2.81. The van der Waals surface area contributed by atoms with Crippen molar-refractivity contribution in [1.29, 1.82) is 0 Å². The van der Waals surface area contributed by atoms with E-state index in [4.69, 9.17) is 0 Å². The van der Waals surface area contributed by atoms with E-state index in [9.17, 15) is 4.79 Å². The lowest BCUT2D eigenvalue weighted by Gasteiger charge is -1.83. The summed E-state index contributed by atoms with van der Waals surface area (Å²) in [6.07, 6.45) is 7.07. The van der Waals surface area contributed by atoms with Crippen LogP contribution in [0.4, 0.5) is 0 Å². The molecule has 1 aromatic rings. The van der Waals surface area contributed by atoms with Crippen LogP contribution in [-0.4, -0.2) is 16.1 Å². The monoisotopic (exact) mass is 122 g/mol. The second-order valence-electron chi connectivity index (χ2n) is 1.46. The molecule has 0 aromatic carbocycles. The van der Waals surface area contributed by atoms with Crippen molar-refractivity contribution >= 4 is 12.5 Å². The summed E-state index contributed by atoms with van der Waals surface area (Å²) in [5.74, 6) is 0. The summed E-state index contributed by atoms with van der Waals surface area (Å²) in [5.41, 5.74) is 0. The van der Waals surface area contributed by atoms with E-state index in [0.717, 1.165) is 0 Å². The number of aldehydes is 1. The van der Waals surface area contributed by atoms with E-state index in [1.54, 1.807) is 29.3 Å². The standard InChI is InChI=1S/C6H6N2O/c9-6-2-5-8-4-1-3-7-8/h1-6H.